The average molecular weight is 249 g/mol. The monoisotopic (exact) mass is 249 g/mol. The van der Waals surface area contributed by atoms with E-state index in [0.717, 1.165) is 6.20 Å². The first kappa shape index (κ1) is 13.2. The van der Waals surface area contributed by atoms with E-state index in [-0.39, 0.29) is 0 Å². The molecule has 1 heterocycles. The van der Waals surface area contributed by atoms with E-state index in [1.54, 1.807) is 0 Å². The molecular weight excluding hydrogens is 239 g/mol. The summed E-state index contributed by atoms with van der Waals surface area (Å²) in [5.74, 6) is -0.835. The average Bonchev–Trinajstić information content (AvgIpc) is 2.15. The van der Waals surface area contributed by atoms with Gasteiger partial charge in [0.15, 0.2) is 11.3 Å². The molecule has 1 rings (SSSR count). The molecule has 94 valence electrons. The smallest absolute Gasteiger partial charge is 0.433 e. The lowest BCUT2D eigenvalue weighted by atomic mass is 10.1. The Balaban J connectivity index is 2.98. The van der Waals surface area contributed by atoms with Crippen LogP contribution in [-0.2, 0) is 11.0 Å². The minimum absolute atomic E-state index is 0.552. The van der Waals surface area contributed by atoms with Crippen LogP contribution in [0.1, 0.15) is 19.5 Å². The van der Waals surface area contributed by atoms with Crippen LogP contribution in [0, 0.1) is 0 Å². The van der Waals surface area contributed by atoms with Gasteiger partial charge in [0.05, 0.1) is 0 Å². The maximum absolute atomic E-state index is 12.3. The maximum atomic E-state index is 12.3. The van der Waals surface area contributed by atoms with Gasteiger partial charge < -0.3 is 10.5 Å². The third kappa shape index (κ3) is 3.30. The van der Waals surface area contributed by atoms with Gasteiger partial charge in [-0.25, -0.2) is 4.98 Å². The molecule has 0 aliphatic heterocycles. The van der Waals surface area contributed by atoms with Gasteiger partial charge in [0, 0.05) is 6.20 Å². The summed E-state index contributed by atoms with van der Waals surface area (Å²) >= 11 is 0. The van der Waals surface area contributed by atoms with Crippen molar-refractivity contribution in [3.05, 3.63) is 18.0 Å². The van der Waals surface area contributed by atoms with E-state index in [1.807, 2.05) is 0 Å². The summed E-state index contributed by atoms with van der Waals surface area (Å²) in [4.78, 5) is 17.6. The fraction of sp³-hybridized carbons (Fsp3) is 0.444. The van der Waals surface area contributed by atoms with Crippen LogP contribution < -0.4 is 10.5 Å². The van der Waals surface area contributed by atoms with Crippen molar-refractivity contribution in [1.82, 2.24) is 9.97 Å². The lowest BCUT2D eigenvalue weighted by Crippen LogP contribution is -2.43. The summed E-state index contributed by atoms with van der Waals surface area (Å²) in [5.41, 5.74) is 2.37. The number of ether oxygens (including phenoxy) is 1. The van der Waals surface area contributed by atoms with E-state index in [0.29, 0.717) is 6.07 Å². The number of halogens is 3. The van der Waals surface area contributed by atoms with Gasteiger partial charge in [-0.3, -0.25) is 4.79 Å². The molecule has 2 N–H and O–H groups in total. The molecule has 8 heteroatoms. The Labute approximate surface area is 94.8 Å². The summed E-state index contributed by atoms with van der Waals surface area (Å²) in [6.07, 6.45) is -3.71. The first-order valence-corrected chi connectivity index (χ1v) is 4.52. The van der Waals surface area contributed by atoms with Crippen LogP contribution in [0.15, 0.2) is 12.3 Å². The van der Waals surface area contributed by atoms with Gasteiger partial charge in [-0.15, -0.1) is 0 Å². The molecular formula is C9H10F3N3O2. The Morgan fingerprint density at radius 2 is 2.00 bits per heavy atom. The summed E-state index contributed by atoms with van der Waals surface area (Å²) < 4.78 is 41.9. The summed E-state index contributed by atoms with van der Waals surface area (Å²) in [7, 11) is 0. The minimum Gasteiger partial charge on any atom is -0.447 e. The third-order valence-electron chi connectivity index (χ3n) is 1.86. The Bertz CT molecular complexity index is 432. The lowest BCUT2D eigenvalue weighted by Gasteiger charge is -2.21. The number of hydrogen-bond donors (Lipinski definition) is 1. The van der Waals surface area contributed by atoms with Crippen LogP contribution in [0.3, 0.4) is 0 Å². The van der Waals surface area contributed by atoms with Crippen LogP contribution in [-0.4, -0.2) is 21.5 Å². The molecule has 17 heavy (non-hydrogen) atoms. The molecule has 0 saturated carbocycles. The number of amides is 1. The van der Waals surface area contributed by atoms with Gasteiger partial charge in [-0.05, 0) is 19.9 Å². The van der Waals surface area contributed by atoms with E-state index in [9.17, 15) is 18.0 Å². The van der Waals surface area contributed by atoms with Gasteiger partial charge in [-0.2, -0.15) is 18.2 Å². The molecule has 1 aromatic rings. The van der Waals surface area contributed by atoms with Gasteiger partial charge >= 0.3 is 12.2 Å². The first-order chi connectivity index (χ1) is 7.63. The zero-order valence-electron chi connectivity index (χ0n) is 9.08. The summed E-state index contributed by atoms with van der Waals surface area (Å²) in [5, 5.41) is 0. The highest BCUT2D eigenvalue weighted by atomic mass is 19.4. The van der Waals surface area contributed by atoms with Crippen molar-refractivity contribution in [3.8, 4) is 6.01 Å². The maximum Gasteiger partial charge on any atom is 0.433 e. The quantitative estimate of drug-likeness (QED) is 0.871. The van der Waals surface area contributed by atoms with E-state index >= 15 is 0 Å². The van der Waals surface area contributed by atoms with Crippen molar-refractivity contribution in [2.24, 2.45) is 5.73 Å². The molecule has 1 aromatic heterocycles. The number of primary amides is 1. The van der Waals surface area contributed by atoms with Crippen molar-refractivity contribution in [3.63, 3.8) is 0 Å². The molecule has 0 aliphatic rings. The van der Waals surface area contributed by atoms with Crippen molar-refractivity contribution in [2.75, 3.05) is 0 Å². The fourth-order valence-electron chi connectivity index (χ4n) is 0.826. The summed E-state index contributed by atoms with van der Waals surface area (Å²) in [6.45, 7) is 2.61. The Kier molecular flexibility index (Phi) is 3.25. The number of nitrogens with zero attached hydrogens (tertiary/aromatic N) is 2. The largest absolute Gasteiger partial charge is 0.447 e. The first-order valence-electron chi connectivity index (χ1n) is 4.52. The predicted octanol–water partition coefficient (Wildman–Crippen LogP) is 1.14. The number of hydrogen-bond acceptors (Lipinski definition) is 4. The summed E-state index contributed by atoms with van der Waals surface area (Å²) in [6, 6.07) is 0.146. The zero-order valence-corrected chi connectivity index (χ0v) is 9.08. The second-order valence-corrected chi connectivity index (χ2v) is 3.70. The highest BCUT2D eigenvalue weighted by Crippen LogP contribution is 2.28. The van der Waals surface area contributed by atoms with Gasteiger partial charge in [0.25, 0.3) is 5.91 Å². The SMILES string of the molecule is CC(C)(Oc1nccc(C(F)(F)F)n1)C(N)=O. The normalized spacial score (nSPS) is 12.3. The number of carbonyl (C=O) groups excluding carboxylic acids is 1. The number of aromatic nitrogens is 2. The van der Waals surface area contributed by atoms with E-state index < -0.39 is 29.4 Å². The molecule has 0 aliphatic carbocycles. The highest BCUT2D eigenvalue weighted by molar-refractivity contribution is 5.82. The van der Waals surface area contributed by atoms with E-state index in [4.69, 9.17) is 10.5 Å². The van der Waals surface area contributed by atoms with E-state index in [1.165, 1.54) is 13.8 Å². The standard InChI is InChI=1S/C9H10F3N3O2/c1-8(2,6(13)16)17-7-14-4-3-5(15-7)9(10,11)12/h3-4H,1-2H3,(H2,13,16). The Morgan fingerprint density at radius 1 is 1.41 bits per heavy atom. The van der Waals surface area contributed by atoms with Gasteiger partial charge in [-0.1, -0.05) is 0 Å². The van der Waals surface area contributed by atoms with Crippen LogP contribution in [0.4, 0.5) is 13.2 Å². The second kappa shape index (κ2) is 4.19. The Hall–Kier alpha value is -1.86. The van der Waals surface area contributed by atoms with Crippen LogP contribution in [0.2, 0.25) is 0 Å². The van der Waals surface area contributed by atoms with Crippen LogP contribution >= 0.6 is 0 Å². The fourth-order valence-corrected chi connectivity index (χ4v) is 0.826. The van der Waals surface area contributed by atoms with Gasteiger partial charge in [0.2, 0.25) is 0 Å². The predicted molar refractivity (Wildman–Crippen MR) is 50.9 cm³/mol. The number of rotatable bonds is 3. The van der Waals surface area contributed by atoms with Crippen LogP contribution in [0.5, 0.6) is 6.01 Å². The second-order valence-electron chi connectivity index (χ2n) is 3.70. The van der Waals surface area contributed by atoms with E-state index in [2.05, 4.69) is 9.97 Å². The van der Waals surface area contributed by atoms with Crippen molar-refractivity contribution >= 4 is 5.91 Å². The number of carbonyl (C=O) groups is 1. The van der Waals surface area contributed by atoms with Crippen molar-refractivity contribution in [1.29, 1.82) is 0 Å². The number of alkyl halides is 3. The molecule has 0 spiro atoms. The molecule has 0 fully saturated rings. The number of nitrogens with two attached hydrogens (primary N) is 1. The minimum atomic E-state index is -4.60. The Morgan fingerprint density at radius 3 is 2.47 bits per heavy atom. The molecule has 0 saturated heterocycles. The third-order valence-corrected chi connectivity index (χ3v) is 1.86. The highest BCUT2D eigenvalue weighted by Gasteiger charge is 2.34. The molecule has 0 bridgehead atoms. The van der Waals surface area contributed by atoms with Crippen LogP contribution in [0.25, 0.3) is 0 Å². The lowest BCUT2D eigenvalue weighted by molar-refractivity contribution is -0.141. The molecule has 0 unspecified atom stereocenters. The van der Waals surface area contributed by atoms with Crippen molar-refractivity contribution in [2.45, 2.75) is 25.6 Å². The molecule has 1 amide bonds. The van der Waals surface area contributed by atoms with Gasteiger partial charge in [0.1, 0.15) is 0 Å². The zero-order chi connectivity index (χ0) is 13.3. The molecule has 0 atom stereocenters. The van der Waals surface area contributed by atoms with Crippen molar-refractivity contribution < 1.29 is 22.7 Å². The molecule has 5 nitrogen and oxygen atoms in total. The molecule has 0 aromatic carbocycles. The molecule has 0 radical (unpaired) electrons. The topological polar surface area (TPSA) is 78.1 Å².